The average Bonchev–Trinajstić information content (AvgIpc) is 2.07. The Balaban J connectivity index is 0. The van der Waals surface area contributed by atoms with Crippen molar-refractivity contribution in [2.75, 3.05) is 0 Å². The fraction of sp³-hybridized carbons (Fsp3) is 0.182. The van der Waals surface area contributed by atoms with Crippen LogP contribution in [-0.2, 0) is 4.79 Å². The van der Waals surface area contributed by atoms with E-state index < -0.39 is 0 Å². The van der Waals surface area contributed by atoms with Gasteiger partial charge in [-0.3, -0.25) is 4.79 Å². The van der Waals surface area contributed by atoms with E-state index in [1.165, 1.54) is 13.0 Å². The van der Waals surface area contributed by atoms with Crippen molar-refractivity contribution < 1.29 is 4.79 Å². The van der Waals surface area contributed by atoms with Gasteiger partial charge >= 0.3 is 0 Å². The van der Waals surface area contributed by atoms with Gasteiger partial charge in [0.1, 0.15) is 0 Å². The molecular formula is C11H16O. The first kappa shape index (κ1) is 13.2. The van der Waals surface area contributed by atoms with E-state index in [9.17, 15) is 4.79 Å². The molecule has 0 saturated heterocycles. The minimum Gasteiger partial charge on any atom is -0.295 e. The summed E-state index contributed by atoms with van der Waals surface area (Å²) in [5.74, 6) is 0.0742. The lowest BCUT2D eigenvalue weighted by molar-refractivity contribution is -0.112. The molecular weight excluding hydrogens is 148 g/mol. The number of allylic oxidation sites excluding steroid dienone is 6. The fourth-order valence-corrected chi connectivity index (χ4v) is 0.430. The molecule has 66 valence electrons. The van der Waals surface area contributed by atoms with Crippen LogP contribution in [0.25, 0.3) is 0 Å². The van der Waals surface area contributed by atoms with Gasteiger partial charge in [0.05, 0.1) is 0 Å². The topological polar surface area (TPSA) is 17.1 Å². The van der Waals surface area contributed by atoms with E-state index >= 15 is 0 Å². The number of carbonyl (C=O) groups excluding carboxylic acids is 1. The van der Waals surface area contributed by atoms with Crippen molar-refractivity contribution in [3.05, 3.63) is 49.6 Å². The van der Waals surface area contributed by atoms with Crippen molar-refractivity contribution in [3.8, 4) is 0 Å². The average molecular weight is 164 g/mol. The van der Waals surface area contributed by atoms with E-state index in [1.54, 1.807) is 6.08 Å². The fourth-order valence-electron chi connectivity index (χ4n) is 0.430. The Bertz CT molecular complexity index is 185. The van der Waals surface area contributed by atoms with Crippen LogP contribution < -0.4 is 0 Å². The first-order chi connectivity index (χ1) is 5.77. The molecule has 0 bridgehead atoms. The van der Waals surface area contributed by atoms with Crippen molar-refractivity contribution in [2.45, 2.75) is 13.8 Å². The lowest BCUT2D eigenvalue weighted by Crippen LogP contribution is -1.77. The lowest BCUT2D eigenvalue weighted by Gasteiger charge is -1.73. The Hall–Kier alpha value is -1.37. The minimum absolute atomic E-state index is 0.0742. The molecule has 0 unspecified atom stereocenters. The monoisotopic (exact) mass is 164 g/mol. The van der Waals surface area contributed by atoms with Crippen molar-refractivity contribution in [1.29, 1.82) is 0 Å². The molecule has 0 atom stereocenters. The second kappa shape index (κ2) is 12.3. The molecule has 1 nitrogen and oxygen atoms in total. The van der Waals surface area contributed by atoms with E-state index in [0.29, 0.717) is 0 Å². The van der Waals surface area contributed by atoms with Crippen LogP contribution in [0.4, 0.5) is 0 Å². The van der Waals surface area contributed by atoms with E-state index in [2.05, 4.69) is 13.2 Å². The third-order valence-electron chi connectivity index (χ3n) is 0.857. The summed E-state index contributed by atoms with van der Waals surface area (Å²) in [6, 6.07) is 0. The second-order valence-corrected chi connectivity index (χ2v) is 1.88. The summed E-state index contributed by atoms with van der Waals surface area (Å²) < 4.78 is 0. The van der Waals surface area contributed by atoms with Crippen LogP contribution in [0.3, 0.4) is 0 Å². The van der Waals surface area contributed by atoms with Crippen LogP contribution in [0, 0.1) is 0 Å². The molecule has 0 fully saturated rings. The zero-order chi connectivity index (χ0) is 9.82. The predicted molar refractivity (Wildman–Crippen MR) is 55.0 cm³/mol. The molecule has 0 spiro atoms. The van der Waals surface area contributed by atoms with Crippen molar-refractivity contribution >= 4 is 5.78 Å². The molecule has 0 aliphatic heterocycles. The van der Waals surface area contributed by atoms with Gasteiger partial charge in [-0.2, -0.15) is 0 Å². The molecule has 1 heteroatoms. The molecule has 0 radical (unpaired) electrons. The van der Waals surface area contributed by atoms with Gasteiger partial charge in [-0.05, 0) is 19.9 Å². The van der Waals surface area contributed by atoms with E-state index in [0.717, 1.165) is 0 Å². The van der Waals surface area contributed by atoms with Crippen LogP contribution in [0.2, 0.25) is 0 Å². The quantitative estimate of drug-likeness (QED) is 0.356. The van der Waals surface area contributed by atoms with Gasteiger partial charge in [0, 0.05) is 0 Å². The van der Waals surface area contributed by atoms with Gasteiger partial charge in [0.2, 0.25) is 0 Å². The molecule has 0 aliphatic rings. The standard InChI is InChI=1S/C9H12O.C2H4/c1-3-4-5-6-7-8-9(2)10;1-2/h3-8H,1-2H3;1-2H2/b4-3+,6-5+,8-7+;. The smallest absolute Gasteiger partial charge is 0.152 e. The maximum Gasteiger partial charge on any atom is 0.152 e. The molecule has 0 aromatic rings. The first-order valence-corrected chi connectivity index (χ1v) is 3.74. The van der Waals surface area contributed by atoms with Crippen LogP contribution >= 0.6 is 0 Å². The molecule has 0 rings (SSSR count). The Morgan fingerprint density at radius 3 is 2.00 bits per heavy atom. The highest BCUT2D eigenvalue weighted by molar-refractivity contribution is 5.87. The largest absolute Gasteiger partial charge is 0.295 e. The summed E-state index contributed by atoms with van der Waals surface area (Å²) in [6.07, 6.45) is 10.8. The van der Waals surface area contributed by atoms with Gasteiger partial charge in [-0.15, -0.1) is 13.2 Å². The van der Waals surface area contributed by atoms with E-state index in [1.807, 2.05) is 31.2 Å². The van der Waals surface area contributed by atoms with Crippen LogP contribution in [0.15, 0.2) is 49.6 Å². The van der Waals surface area contributed by atoms with Gasteiger partial charge in [0.25, 0.3) is 0 Å². The lowest BCUT2D eigenvalue weighted by atomic mass is 10.3. The minimum atomic E-state index is 0.0742. The molecule has 12 heavy (non-hydrogen) atoms. The molecule has 0 N–H and O–H groups in total. The SMILES string of the molecule is C/C=C/C=C/C=C/C(C)=O.C=C. The molecule has 0 saturated carbocycles. The molecule has 0 aromatic heterocycles. The first-order valence-electron chi connectivity index (χ1n) is 3.74. The summed E-state index contributed by atoms with van der Waals surface area (Å²) >= 11 is 0. The number of carbonyl (C=O) groups is 1. The molecule has 0 aliphatic carbocycles. The van der Waals surface area contributed by atoms with Gasteiger partial charge in [0.15, 0.2) is 5.78 Å². The Labute approximate surface area is 74.8 Å². The summed E-state index contributed by atoms with van der Waals surface area (Å²) in [6.45, 7) is 9.47. The third-order valence-corrected chi connectivity index (χ3v) is 0.857. The van der Waals surface area contributed by atoms with Crippen LogP contribution in [-0.4, -0.2) is 5.78 Å². The van der Waals surface area contributed by atoms with Gasteiger partial charge < -0.3 is 0 Å². The number of hydrogen-bond acceptors (Lipinski definition) is 1. The van der Waals surface area contributed by atoms with Gasteiger partial charge in [-0.25, -0.2) is 0 Å². The Morgan fingerprint density at radius 2 is 1.58 bits per heavy atom. The molecule has 0 aromatic carbocycles. The Kier molecular flexibility index (Phi) is 13.6. The van der Waals surface area contributed by atoms with E-state index in [-0.39, 0.29) is 5.78 Å². The number of ketones is 1. The summed E-state index contributed by atoms with van der Waals surface area (Å²) in [4.78, 5) is 10.3. The summed E-state index contributed by atoms with van der Waals surface area (Å²) in [5.41, 5.74) is 0. The zero-order valence-corrected chi connectivity index (χ0v) is 7.79. The number of rotatable bonds is 3. The van der Waals surface area contributed by atoms with Crippen LogP contribution in [0.5, 0.6) is 0 Å². The second-order valence-electron chi connectivity index (χ2n) is 1.88. The molecule has 0 heterocycles. The summed E-state index contributed by atoms with van der Waals surface area (Å²) in [7, 11) is 0. The Morgan fingerprint density at radius 1 is 1.08 bits per heavy atom. The maximum atomic E-state index is 10.3. The van der Waals surface area contributed by atoms with Crippen molar-refractivity contribution in [1.82, 2.24) is 0 Å². The third kappa shape index (κ3) is 15.9. The normalized spacial score (nSPS) is 10.5. The highest BCUT2D eigenvalue weighted by atomic mass is 16.1. The maximum absolute atomic E-state index is 10.3. The number of hydrogen-bond donors (Lipinski definition) is 0. The van der Waals surface area contributed by atoms with Crippen LogP contribution in [0.1, 0.15) is 13.8 Å². The van der Waals surface area contributed by atoms with Crippen molar-refractivity contribution in [2.24, 2.45) is 0 Å². The highest BCUT2D eigenvalue weighted by Gasteiger charge is 1.75. The van der Waals surface area contributed by atoms with Gasteiger partial charge in [-0.1, -0.05) is 30.4 Å². The van der Waals surface area contributed by atoms with Crippen molar-refractivity contribution in [3.63, 3.8) is 0 Å². The summed E-state index contributed by atoms with van der Waals surface area (Å²) in [5, 5.41) is 0. The predicted octanol–water partition coefficient (Wildman–Crippen LogP) is 3.07. The van der Waals surface area contributed by atoms with E-state index in [4.69, 9.17) is 0 Å². The highest BCUT2D eigenvalue weighted by Crippen LogP contribution is 1.80. The molecule has 0 amide bonds. The zero-order valence-electron chi connectivity index (χ0n) is 7.79.